The lowest BCUT2D eigenvalue weighted by molar-refractivity contribution is -0.136. The van der Waals surface area contributed by atoms with E-state index in [0.29, 0.717) is 11.4 Å². The summed E-state index contributed by atoms with van der Waals surface area (Å²) in [6, 6.07) is 3.50. The van der Waals surface area contributed by atoms with Gasteiger partial charge < -0.3 is 5.11 Å². The number of nitrogens with zero attached hydrogens (tertiary/aromatic N) is 3. The van der Waals surface area contributed by atoms with Gasteiger partial charge in [0, 0.05) is 12.4 Å². The van der Waals surface area contributed by atoms with E-state index in [1.807, 2.05) is 13.1 Å². The molecule has 0 radical (unpaired) electrons. The lowest BCUT2D eigenvalue weighted by Crippen LogP contribution is -2.02. The van der Waals surface area contributed by atoms with E-state index in [1.54, 1.807) is 29.2 Å². The van der Waals surface area contributed by atoms with Crippen molar-refractivity contribution in [2.24, 2.45) is 0 Å². The van der Waals surface area contributed by atoms with Crippen LogP contribution in [0, 0.1) is 6.92 Å². The standard InChI is InChI=1S/C11H11N3O2/c1-8-5-13-14(7-8)10-3-2-9(6-12-10)4-11(15)16/h2-3,5-7H,4H2,1H3,(H,15,16). The van der Waals surface area contributed by atoms with Gasteiger partial charge >= 0.3 is 5.97 Å². The number of hydrogen-bond acceptors (Lipinski definition) is 3. The molecule has 5 nitrogen and oxygen atoms in total. The van der Waals surface area contributed by atoms with Gasteiger partial charge in [-0.05, 0) is 24.1 Å². The average molecular weight is 217 g/mol. The Kier molecular flexibility index (Phi) is 2.68. The number of aliphatic carboxylic acids is 1. The largest absolute Gasteiger partial charge is 0.481 e. The van der Waals surface area contributed by atoms with E-state index < -0.39 is 5.97 Å². The summed E-state index contributed by atoms with van der Waals surface area (Å²) in [5.41, 5.74) is 1.73. The van der Waals surface area contributed by atoms with Crippen molar-refractivity contribution in [3.63, 3.8) is 0 Å². The Bertz CT molecular complexity index is 502. The van der Waals surface area contributed by atoms with Gasteiger partial charge in [-0.3, -0.25) is 4.79 Å². The zero-order chi connectivity index (χ0) is 11.5. The summed E-state index contributed by atoms with van der Waals surface area (Å²) < 4.78 is 1.65. The maximum atomic E-state index is 10.5. The van der Waals surface area contributed by atoms with E-state index in [4.69, 9.17) is 5.11 Å². The highest BCUT2D eigenvalue weighted by Crippen LogP contribution is 2.06. The fourth-order valence-corrected chi connectivity index (χ4v) is 1.37. The van der Waals surface area contributed by atoms with E-state index in [-0.39, 0.29) is 6.42 Å². The molecule has 0 saturated heterocycles. The molecule has 0 aliphatic rings. The number of carbonyl (C=O) groups is 1. The SMILES string of the molecule is Cc1cnn(-c2ccc(CC(=O)O)cn2)c1. The molecule has 0 fully saturated rings. The molecule has 0 aromatic carbocycles. The van der Waals surface area contributed by atoms with Crippen LogP contribution in [0.25, 0.3) is 5.82 Å². The van der Waals surface area contributed by atoms with E-state index >= 15 is 0 Å². The van der Waals surface area contributed by atoms with Crippen LogP contribution in [-0.4, -0.2) is 25.8 Å². The van der Waals surface area contributed by atoms with Gasteiger partial charge in [-0.1, -0.05) is 6.07 Å². The fourth-order valence-electron chi connectivity index (χ4n) is 1.37. The molecule has 82 valence electrons. The van der Waals surface area contributed by atoms with Gasteiger partial charge in [0.15, 0.2) is 5.82 Å². The van der Waals surface area contributed by atoms with Gasteiger partial charge in [0.1, 0.15) is 0 Å². The van der Waals surface area contributed by atoms with Gasteiger partial charge in [-0.15, -0.1) is 0 Å². The summed E-state index contributed by atoms with van der Waals surface area (Å²) in [4.78, 5) is 14.6. The highest BCUT2D eigenvalue weighted by atomic mass is 16.4. The van der Waals surface area contributed by atoms with Crippen molar-refractivity contribution in [2.45, 2.75) is 13.3 Å². The Morgan fingerprint density at radius 1 is 1.44 bits per heavy atom. The first-order valence-corrected chi connectivity index (χ1v) is 4.83. The third kappa shape index (κ3) is 2.25. The first kappa shape index (κ1) is 10.4. The monoisotopic (exact) mass is 217 g/mol. The smallest absolute Gasteiger partial charge is 0.307 e. The van der Waals surface area contributed by atoms with E-state index in [1.165, 1.54) is 0 Å². The summed E-state index contributed by atoms with van der Waals surface area (Å²) in [5.74, 6) is -0.174. The van der Waals surface area contributed by atoms with E-state index in [9.17, 15) is 4.79 Å². The molecule has 1 N–H and O–H groups in total. The Hall–Kier alpha value is -2.17. The van der Waals surface area contributed by atoms with Crippen molar-refractivity contribution in [3.8, 4) is 5.82 Å². The van der Waals surface area contributed by atoms with Gasteiger partial charge in [0.2, 0.25) is 0 Å². The fraction of sp³-hybridized carbons (Fsp3) is 0.182. The minimum absolute atomic E-state index is 0.00852. The molecule has 0 atom stereocenters. The van der Waals surface area contributed by atoms with Gasteiger partial charge in [0.05, 0.1) is 12.6 Å². The minimum Gasteiger partial charge on any atom is -0.481 e. The molecule has 0 aliphatic heterocycles. The summed E-state index contributed by atoms with van der Waals surface area (Å²) in [6.07, 6.45) is 5.15. The highest BCUT2D eigenvalue weighted by Gasteiger charge is 2.03. The highest BCUT2D eigenvalue weighted by molar-refractivity contribution is 5.70. The zero-order valence-corrected chi connectivity index (χ0v) is 8.79. The molecule has 2 aromatic rings. The first-order valence-electron chi connectivity index (χ1n) is 4.83. The van der Waals surface area contributed by atoms with Crippen LogP contribution in [0.3, 0.4) is 0 Å². The number of rotatable bonds is 3. The molecule has 0 bridgehead atoms. The molecular weight excluding hydrogens is 206 g/mol. The second-order valence-electron chi connectivity index (χ2n) is 3.56. The summed E-state index contributed by atoms with van der Waals surface area (Å²) >= 11 is 0. The maximum absolute atomic E-state index is 10.5. The number of hydrogen-bond donors (Lipinski definition) is 1. The van der Waals surface area contributed by atoms with Crippen molar-refractivity contribution in [3.05, 3.63) is 41.9 Å². The topological polar surface area (TPSA) is 68.0 Å². The summed E-state index contributed by atoms with van der Waals surface area (Å²) in [6.45, 7) is 1.95. The van der Waals surface area contributed by atoms with Crippen LogP contribution in [-0.2, 0) is 11.2 Å². The van der Waals surface area contributed by atoms with E-state index in [0.717, 1.165) is 5.56 Å². The van der Waals surface area contributed by atoms with Crippen molar-refractivity contribution in [1.29, 1.82) is 0 Å². The maximum Gasteiger partial charge on any atom is 0.307 e. The van der Waals surface area contributed by atoms with Crippen LogP contribution in [0.4, 0.5) is 0 Å². The number of aryl methyl sites for hydroxylation is 1. The number of aromatic nitrogens is 3. The number of carboxylic acid groups (broad SMARTS) is 1. The number of carboxylic acids is 1. The second-order valence-corrected chi connectivity index (χ2v) is 3.56. The molecule has 2 aromatic heterocycles. The lowest BCUT2D eigenvalue weighted by atomic mass is 10.2. The van der Waals surface area contributed by atoms with Crippen LogP contribution in [0.15, 0.2) is 30.7 Å². The van der Waals surface area contributed by atoms with Gasteiger partial charge in [0.25, 0.3) is 0 Å². The Morgan fingerprint density at radius 2 is 2.25 bits per heavy atom. The molecule has 0 aliphatic carbocycles. The van der Waals surface area contributed by atoms with Gasteiger partial charge in [-0.2, -0.15) is 5.10 Å². The van der Waals surface area contributed by atoms with Crippen molar-refractivity contribution >= 4 is 5.97 Å². The van der Waals surface area contributed by atoms with Crippen molar-refractivity contribution < 1.29 is 9.90 Å². The third-order valence-corrected chi connectivity index (χ3v) is 2.11. The predicted molar refractivity (Wildman–Crippen MR) is 57.4 cm³/mol. The Labute approximate surface area is 92.4 Å². The summed E-state index contributed by atoms with van der Waals surface area (Å²) in [7, 11) is 0. The molecular formula is C11H11N3O2. The third-order valence-electron chi connectivity index (χ3n) is 2.11. The average Bonchev–Trinajstić information content (AvgIpc) is 2.65. The van der Waals surface area contributed by atoms with Crippen LogP contribution in [0.1, 0.15) is 11.1 Å². The summed E-state index contributed by atoms with van der Waals surface area (Å²) in [5, 5.41) is 12.7. The molecule has 16 heavy (non-hydrogen) atoms. The molecule has 0 saturated carbocycles. The predicted octanol–water partition coefficient (Wildman–Crippen LogP) is 1.20. The molecule has 0 spiro atoms. The lowest BCUT2D eigenvalue weighted by Gasteiger charge is -2.01. The van der Waals surface area contributed by atoms with Crippen LogP contribution < -0.4 is 0 Å². The molecule has 2 heterocycles. The van der Waals surface area contributed by atoms with Crippen LogP contribution in [0.2, 0.25) is 0 Å². The van der Waals surface area contributed by atoms with Crippen molar-refractivity contribution in [2.75, 3.05) is 0 Å². The Morgan fingerprint density at radius 3 is 2.75 bits per heavy atom. The molecule has 0 unspecified atom stereocenters. The molecule has 5 heteroatoms. The van der Waals surface area contributed by atoms with E-state index in [2.05, 4.69) is 10.1 Å². The zero-order valence-electron chi connectivity index (χ0n) is 8.79. The second kappa shape index (κ2) is 4.14. The van der Waals surface area contributed by atoms with Crippen molar-refractivity contribution in [1.82, 2.24) is 14.8 Å². The normalized spacial score (nSPS) is 10.3. The Balaban J connectivity index is 2.22. The van der Waals surface area contributed by atoms with Crippen LogP contribution in [0.5, 0.6) is 0 Å². The van der Waals surface area contributed by atoms with Gasteiger partial charge in [-0.25, -0.2) is 9.67 Å². The quantitative estimate of drug-likeness (QED) is 0.838. The number of pyridine rings is 1. The van der Waals surface area contributed by atoms with Crippen LogP contribution >= 0.6 is 0 Å². The first-order chi connectivity index (χ1) is 7.65. The molecule has 2 rings (SSSR count). The minimum atomic E-state index is -0.857. The molecule has 0 amide bonds.